The Morgan fingerprint density at radius 3 is 2.77 bits per heavy atom. The summed E-state index contributed by atoms with van der Waals surface area (Å²) in [5.74, 6) is -0.350. The molecule has 2 N–H and O–H groups in total. The second-order valence-electron chi connectivity index (χ2n) is 5.21. The minimum Gasteiger partial charge on any atom is -0.463 e. The second-order valence-corrected chi connectivity index (χ2v) is 7.34. The minimum absolute atomic E-state index is 0.0416. The molecule has 26 heavy (non-hydrogen) atoms. The minimum atomic E-state index is -1.16. The van der Waals surface area contributed by atoms with Gasteiger partial charge in [-0.15, -0.1) is 0 Å². The number of hydrogen-bond acceptors (Lipinski definition) is 4. The number of hydrogen-bond donors (Lipinski definition) is 2. The first-order valence-corrected chi connectivity index (χ1v) is 9.43. The maximum absolute atomic E-state index is 12.3. The van der Waals surface area contributed by atoms with E-state index in [1.54, 1.807) is 36.4 Å². The largest absolute Gasteiger partial charge is 0.463 e. The Bertz CT molecular complexity index is 993. The molecule has 0 atom stereocenters. The number of nitrogens with zero attached hydrogens (tertiary/aromatic N) is 2. The maximum atomic E-state index is 12.3. The molecule has 2 aromatic carbocycles. The van der Waals surface area contributed by atoms with Crippen LogP contribution in [0, 0.1) is 3.70 Å². The molecule has 0 saturated carbocycles. The highest BCUT2D eigenvalue weighted by molar-refractivity contribution is 14.1. The number of fused-ring (bicyclic) bond motifs is 1. The molecular formula is C17H13FIN3O3S. The first-order valence-electron chi connectivity index (χ1n) is 7.54. The van der Waals surface area contributed by atoms with E-state index in [1.165, 1.54) is 11.8 Å². The van der Waals surface area contributed by atoms with Crippen molar-refractivity contribution < 1.29 is 19.1 Å². The van der Waals surface area contributed by atoms with Crippen molar-refractivity contribution in [1.29, 1.82) is 0 Å². The lowest BCUT2D eigenvalue weighted by Gasteiger charge is -2.09. The Kier molecular flexibility index (Phi) is 5.77. The van der Waals surface area contributed by atoms with Crippen LogP contribution in [0.5, 0.6) is 0 Å². The average Bonchev–Trinajstić information content (AvgIpc) is 2.96. The molecule has 0 saturated heterocycles. The van der Waals surface area contributed by atoms with E-state index in [-0.39, 0.29) is 12.5 Å². The molecule has 1 aromatic heterocycles. The number of benzene rings is 2. The zero-order valence-corrected chi connectivity index (χ0v) is 16.3. The van der Waals surface area contributed by atoms with Crippen LogP contribution in [0.15, 0.2) is 52.3 Å². The third-order valence-corrected chi connectivity index (χ3v) is 5.39. The fourth-order valence-corrected chi connectivity index (χ4v) is 4.04. The first-order chi connectivity index (χ1) is 12.5. The molecule has 3 rings (SSSR count). The fourth-order valence-electron chi connectivity index (χ4n) is 2.39. The molecule has 0 unspecified atom stereocenters. The molecule has 0 bridgehead atoms. The number of amides is 1. The lowest BCUT2D eigenvalue weighted by molar-refractivity contribution is 0.0948. The Hall–Kier alpha value is -2.14. The molecule has 0 radical (unpaired) electrons. The summed E-state index contributed by atoms with van der Waals surface area (Å²) in [6.45, 7) is -0.671. The Morgan fingerprint density at radius 2 is 2.04 bits per heavy atom. The van der Waals surface area contributed by atoms with Gasteiger partial charge in [0.2, 0.25) is 0 Å². The van der Waals surface area contributed by atoms with E-state index in [9.17, 15) is 19.1 Å². The van der Waals surface area contributed by atoms with Gasteiger partial charge in [0.15, 0.2) is 0 Å². The van der Waals surface area contributed by atoms with Crippen LogP contribution in [-0.2, 0) is 0 Å². The van der Waals surface area contributed by atoms with E-state index in [1.807, 2.05) is 28.7 Å². The van der Waals surface area contributed by atoms with E-state index in [0.717, 1.165) is 15.0 Å². The Labute approximate surface area is 165 Å². The van der Waals surface area contributed by atoms with Crippen LogP contribution in [0.3, 0.4) is 0 Å². The van der Waals surface area contributed by atoms with Crippen LogP contribution >= 0.6 is 34.4 Å². The van der Waals surface area contributed by atoms with Gasteiger partial charge in [-0.2, -0.15) is 9.78 Å². The molecule has 0 fully saturated rings. The smallest absolute Gasteiger partial charge is 0.432 e. The van der Waals surface area contributed by atoms with Gasteiger partial charge in [0.05, 0.1) is 11.1 Å². The maximum Gasteiger partial charge on any atom is 0.432 e. The Morgan fingerprint density at radius 1 is 1.27 bits per heavy atom. The second kappa shape index (κ2) is 8.04. The third-order valence-electron chi connectivity index (χ3n) is 3.53. The molecule has 0 spiro atoms. The summed E-state index contributed by atoms with van der Waals surface area (Å²) < 4.78 is 13.8. The van der Waals surface area contributed by atoms with Crippen LogP contribution in [0.4, 0.5) is 9.18 Å². The topological polar surface area (TPSA) is 84.2 Å². The van der Waals surface area contributed by atoms with Gasteiger partial charge >= 0.3 is 6.09 Å². The average molecular weight is 485 g/mol. The van der Waals surface area contributed by atoms with Crippen LogP contribution in [0.1, 0.15) is 10.4 Å². The number of carbonyl (C=O) groups excluding carboxylic acids is 1. The molecule has 1 heterocycles. The highest BCUT2D eigenvalue weighted by Gasteiger charge is 2.16. The number of alkyl halides is 1. The summed E-state index contributed by atoms with van der Waals surface area (Å²) in [5.41, 5.74) is 0.915. The molecule has 134 valence electrons. The summed E-state index contributed by atoms with van der Waals surface area (Å²) in [4.78, 5) is 25.0. The SMILES string of the molecule is O=C(NCCF)c1ccccc1Sc1ccc2c(I)nn(C(=O)O)c2c1. The van der Waals surface area contributed by atoms with Gasteiger partial charge in [-0.25, -0.2) is 9.18 Å². The van der Waals surface area contributed by atoms with Gasteiger partial charge in [-0.3, -0.25) is 4.79 Å². The molecule has 1 amide bonds. The van der Waals surface area contributed by atoms with Crippen molar-refractivity contribution in [3.63, 3.8) is 0 Å². The van der Waals surface area contributed by atoms with Crippen molar-refractivity contribution in [1.82, 2.24) is 15.1 Å². The molecule has 0 aliphatic heterocycles. The van der Waals surface area contributed by atoms with Gasteiger partial charge in [-0.05, 0) is 52.9 Å². The lowest BCUT2D eigenvalue weighted by atomic mass is 10.2. The highest BCUT2D eigenvalue weighted by Crippen LogP contribution is 2.33. The number of carbonyl (C=O) groups is 2. The number of halogens is 2. The predicted molar refractivity (Wildman–Crippen MR) is 105 cm³/mol. The summed E-state index contributed by atoms with van der Waals surface area (Å²) >= 11 is 3.32. The van der Waals surface area contributed by atoms with Crippen LogP contribution in [-0.4, -0.2) is 40.1 Å². The standard InChI is InChI=1S/C17H13FIN3O3S/c18-7-8-20-16(23)12-3-1-2-4-14(12)26-10-5-6-11-13(9-10)22(17(24)25)21-15(11)19/h1-6,9H,7-8H2,(H,20,23)(H,24,25). The fraction of sp³-hybridized carbons (Fsp3) is 0.118. The van der Waals surface area contributed by atoms with E-state index < -0.39 is 12.8 Å². The number of carboxylic acid groups (broad SMARTS) is 1. The normalized spacial score (nSPS) is 10.8. The van der Waals surface area contributed by atoms with E-state index in [2.05, 4.69) is 10.4 Å². The summed E-state index contributed by atoms with van der Waals surface area (Å²) in [5, 5.41) is 16.5. The van der Waals surface area contributed by atoms with Gasteiger partial charge < -0.3 is 10.4 Å². The molecule has 3 aromatic rings. The van der Waals surface area contributed by atoms with Crippen molar-refractivity contribution >= 4 is 57.3 Å². The molecule has 0 aliphatic carbocycles. The van der Waals surface area contributed by atoms with Gasteiger partial charge in [0.1, 0.15) is 10.4 Å². The molecular weight excluding hydrogens is 472 g/mol. The van der Waals surface area contributed by atoms with Crippen molar-refractivity contribution in [2.24, 2.45) is 0 Å². The zero-order chi connectivity index (χ0) is 18.7. The lowest BCUT2D eigenvalue weighted by Crippen LogP contribution is -2.25. The van der Waals surface area contributed by atoms with Gasteiger partial charge in [0.25, 0.3) is 5.91 Å². The van der Waals surface area contributed by atoms with E-state index in [4.69, 9.17) is 0 Å². The monoisotopic (exact) mass is 485 g/mol. The Balaban J connectivity index is 1.96. The number of rotatable bonds is 5. The third kappa shape index (κ3) is 3.83. The van der Waals surface area contributed by atoms with Crippen molar-refractivity contribution in [3.8, 4) is 0 Å². The quantitative estimate of drug-likeness (QED) is 0.534. The summed E-state index contributed by atoms with van der Waals surface area (Å²) in [7, 11) is 0. The first kappa shape index (κ1) is 18.6. The van der Waals surface area contributed by atoms with Crippen molar-refractivity contribution in [3.05, 3.63) is 51.7 Å². The summed E-state index contributed by atoms with van der Waals surface area (Å²) in [6.07, 6.45) is -1.16. The molecule has 9 heteroatoms. The number of aromatic nitrogens is 2. The van der Waals surface area contributed by atoms with Crippen LogP contribution < -0.4 is 5.32 Å². The predicted octanol–water partition coefficient (Wildman–Crippen LogP) is 4.02. The zero-order valence-electron chi connectivity index (χ0n) is 13.3. The molecule has 6 nitrogen and oxygen atoms in total. The van der Waals surface area contributed by atoms with Crippen molar-refractivity contribution in [2.45, 2.75) is 9.79 Å². The van der Waals surface area contributed by atoms with E-state index >= 15 is 0 Å². The van der Waals surface area contributed by atoms with Crippen LogP contribution in [0.2, 0.25) is 0 Å². The van der Waals surface area contributed by atoms with Gasteiger partial charge in [0, 0.05) is 21.7 Å². The number of nitrogens with one attached hydrogen (secondary N) is 1. The highest BCUT2D eigenvalue weighted by atomic mass is 127. The molecule has 0 aliphatic rings. The van der Waals surface area contributed by atoms with Gasteiger partial charge in [-0.1, -0.05) is 23.9 Å². The van der Waals surface area contributed by atoms with E-state index in [0.29, 0.717) is 19.7 Å². The van der Waals surface area contributed by atoms with Crippen molar-refractivity contribution in [2.75, 3.05) is 13.2 Å². The summed E-state index contributed by atoms with van der Waals surface area (Å²) in [6, 6.07) is 12.4. The van der Waals surface area contributed by atoms with Crippen LogP contribution in [0.25, 0.3) is 10.9 Å².